The molecule has 0 unspecified atom stereocenters. The van der Waals surface area contributed by atoms with Crippen LogP contribution in [0.5, 0.6) is 0 Å². The van der Waals surface area contributed by atoms with Gasteiger partial charge in [0.05, 0.1) is 6.61 Å². The van der Waals surface area contributed by atoms with Crippen molar-refractivity contribution in [2.24, 2.45) is 29.1 Å². The number of carbonyl (C=O) groups is 2. The quantitative estimate of drug-likeness (QED) is 0.440. The molecule has 0 aromatic rings. The molecule has 6 nitrogen and oxygen atoms in total. The third kappa shape index (κ3) is 5.52. The van der Waals surface area contributed by atoms with Gasteiger partial charge in [0.15, 0.2) is 11.4 Å². The van der Waals surface area contributed by atoms with Gasteiger partial charge in [-0.25, -0.2) is 4.79 Å². The lowest BCUT2D eigenvalue weighted by Gasteiger charge is -2.46. The van der Waals surface area contributed by atoms with Crippen LogP contribution in [0.1, 0.15) is 73.6 Å². The van der Waals surface area contributed by atoms with Crippen LogP contribution < -0.4 is 0 Å². The van der Waals surface area contributed by atoms with E-state index in [2.05, 4.69) is 20.8 Å². The van der Waals surface area contributed by atoms with Crippen LogP contribution in [0.4, 0.5) is 0 Å². The fourth-order valence-corrected chi connectivity index (χ4v) is 5.15. The molecule has 2 rings (SSSR count). The molecule has 2 aliphatic rings. The molecule has 1 fully saturated rings. The van der Waals surface area contributed by atoms with Gasteiger partial charge >= 0.3 is 5.97 Å². The Morgan fingerprint density at radius 1 is 1.25 bits per heavy atom. The number of rotatable bonds is 10. The summed E-state index contributed by atoms with van der Waals surface area (Å²) >= 11 is 0. The van der Waals surface area contributed by atoms with E-state index in [1.165, 1.54) is 0 Å². The van der Waals surface area contributed by atoms with E-state index in [4.69, 9.17) is 4.74 Å². The number of aliphatic hydroxyl groups is 3. The molecule has 0 aromatic heterocycles. The van der Waals surface area contributed by atoms with Gasteiger partial charge in [0.1, 0.15) is 6.10 Å². The number of hydrogen-bond acceptors (Lipinski definition) is 6. The lowest BCUT2D eigenvalue weighted by atomic mass is 9.60. The molecule has 32 heavy (non-hydrogen) atoms. The van der Waals surface area contributed by atoms with Crippen molar-refractivity contribution >= 4 is 11.8 Å². The SMILES string of the molecule is CC[C@@H](C)C[C@H](C)C[C@](O)(CO)C(=O)O[C@@H]1CC[C@H](C)[C@@]2(C)C=C([C@H](C)CO)C(=O)C=C12. The Morgan fingerprint density at radius 3 is 2.47 bits per heavy atom. The Morgan fingerprint density at radius 2 is 1.91 bits per heavy atom. The normalized spacial score (nSPS) is 30.3. The predicted molar refractivity (Wildman–Crippen MR) is 124 cm³/mol. The molecular weight excluding hydrogens is 408 g/mol. The standard InChI is InChI=1S/C26H42O6/c1-7-16(2)10-17(3)12-26(31,15-28)24(30)32-23-9-8-19(5)25(6)13-20(18(4)14-27)22(29)11-21(23)25/h11,13,16-19,23,27-28,31H,7-10,12,14-15H2,1-6H3/t16-,17+,18-,19+,23-,25-,26+/m1/s1. The zero-order valence-corrected chi connectivity index (χ0v) is 20.6. The van der Waals surface area contributed by atoms with Crippen molar-refractivity contribution in [3.05, 3.63) is 23.3 Å². The Kier molecular flexibility index (Phi) is 8.88. The van der Waals surface area contributed by atoms with Crippen LogP contribution in [0.15, 0.2) is 23.3 Å². The van der Waals surface area contributed by atoms with Gasteiger partial charge < -0.3 is 20.1 Å². The number of aliphatic hydroxyl groups excluding tert-OH is 2. The topological polar surface area (TPSA) is 104 Å². The highest BCUT2D eigenvalue weighted by Gasteiger charge is 2.48. The molecule has 3 N–H and O–H groups in total. The number of ketones is 1. The summed E-state index contributed by atoms with van der Waals surface area (Å²) in [6.45, 7) is 11.4. The van der Waals surface area contributed by atoms with Crippen LogP contribution in [-0.2, 0) is 14.3 Å². The molecule has 7 atom stereocenters. The number of esters is 1. The van der Waals surface area contributed by atoms with Gasteiger partial charge in [-0.15, -0.1) is 0 Å². The van der Waals surface area contributed by atoms with Crippen molar-refractivity contribution in [1.82, 2.24) is 0 Å². The van der Waals surface area contributed by atoms with E-state index < -0.39 is 29.7 Å². The van der Waals surface area contributed by atoms with Gasteiger partial charge in [-0.3, -0.25) is 4.79 Å². The first-order valence-electron chi connectivity index (χ1n) is 12.1. The van der Waals surface area contributed by atoms with Crippen molar-refractivity contribution in [1.29, 1.82) is 0 Å². The monoisotopic (exact) mass is 450 g/mol. The summed E-state index contributed by atoms with van der Waals surface area (Å²) in [4.78, 5) is 25.8. The van der Waals surface area contributed by atoms with Crippen LogP contribution in [0, 0.1) is 29.1 Å². The Bertz CT molecular complexity index is 755. The molecule has 0 heterocycles. The summed E-state index contributed by atoms with van der Waals surface area (Å²) in [5, 5.41) is 30.3. The molecule has 2 aliphatic carbocycles. The van der Waals surface area contributed by atoms with E-state index in [9.17, 15) is 24.9 Å². The summed E-state index contributed by atoms with van der Waals surface area (Å²) in [5.74, 6) is -0.528. The Hall–Kier alpha value is -1.50. The fourth-order valence-electron chi connectivity index (χ4n) is 5.15. The van der Waals surface area contributed by atoms with Crippen molar-refractivity contribution in [2.75, 3.05) is 13.2 Å². The first-order valence-corrected chi connectivity index (χ1v) is 12.1. The lowest BCUT2D eigenvalue weighted by molar-refractivity contribution is -0.178. The van der Waals surface area contributed by atoms with Crippen LogP contribution in [0.2, 0.25) is 0 Å². The molecule has 182 valence electrons. The molecule has 0 aliphatic heterocycles. The fraction of sp³-hybridized carbons (Fsp3) is 0.769. The molecule has 0 amide bonds. The van der Waals surface area contributed by atoms with Gasteiger partial charge in [-0.2, -0.15) is 0 Å². The highest BCUT2D eigenvalue weighted by molar-refractivity contribution is 6.06. The molecule has 0 bridgehead atoms. The van der Waals surface area contributed by atoms with Crippen LogP contribution >= 0.6 is 0 Å². The van der Waals surface area contributed by atoms with E-state index in [-0.39, 0.29) is 36.6 Å². The third-order valence-electron chi connectivity index (χ3n) is 7.76. The molecule has 0 saturated heterocycles. The molecule has 0 spiro atoms. The zero-order chi connectivity index (χ0) is 24.3. The van der Waals surface area contributed by atoms with Crippen LogP contribution in [0.25, 0.3) is 0 Å². The van der Waals surface area contributed by atoms with Gasteiger partial charge in [0.2, 0.25) is 0 Å². The second-order valence-electron chi connectivity index (χ2n) is 10.6. The van der Waals surface area contributed by atoms with Crippen molar-refractivity contribution in [2.45, 2.75) is 85.4 Å². The molecule has 0 aromatic carbocycles. The highest BCUT2D eigenvalue weighted by Crippen LogP contribution is 2.50. The maximum atomic E-state index is 13.0. The minimum Gasteiger partial charge on any atom is -0.456 e. The highest BCUT2D eigenvalue weighted by atomic mass is 16.6. The Labute approximate surface area is 192 Å². The van der Waals surface area contributed by atoms with E-state index >= 15 is 0 Å². The average Bonchev–Trinajstić information content (AvgIpc) is 2.75. The third-order valence-corrected chi connectivity index (χ3v) is 7.76. The first kappa shape index (κ1) is 26.7. The molecule has 6 heteroatoms. The number of ether oxygens (including phenoxy) is 1. The first-order chi connectivity index (χ1) is 14.9. The van der Waals surface area contributed by atoms with Gasteiger partial charge in [0.25, 0.3) is 0 Å². The lowest BCUT2D eigenvalue weighted by Crippen LogP contribution is -2.49. The minimum absolute atomic E-state index is 0.0484. The van der Waals surface area contributed by atoms with Gasteiger partial charge in [0, 0.05) is 23.5 Å². The van der Waals surface area contributed by atoms with Crippen molar-refractivity contribution < 1.29 is 29.6 Å². The Balaban J connectivity index is 2.23. The largest absolute Gasteiger partial charge is 0.456 e. The number of hydrogen-bond donors (Lipinski definition) is 3. The number of allylic oxidation sites excluding steroid dienone is 2. The number of fused-ring (bicyclic) bond motifs is 1. The predicted octanol–water partition coefficient (Wildman–Crippen LogP) is 3.58. The molecular formula is C26H42O6. The summed E-state index contributed by atoms with van der Waals surface area (Å²) < 4.78 is 5.78. The minimum atomic E-state index is -1.96. The van der Waals surface area contributed by atoms with E-state index in [0.717, 1.165) is 24.8 Å². The second-order valence-corrected chi connectivity index (χ2v) is 10.6. The number of carbonyl (C=O) groups excluding carboxylic acids is 2. The average molecular weight is 451 g/mol. The molecule has 1 saturated carbocycles. The smallest absolute Gasteiger partial charge is 0.341 e. The summed E-state index contributed by atoms with van der Waals surface area (Å²) in [6.07, 6.45) is 6.20. The van der Waals surface area contributed by atoms with Crippen LogP contribution in [0.3, 0.4) is 0 Å². The van der Waals surface area contributed by atoms with Gasteiger partial charge in [-0.1, -0.05) is 54.0 Å². The van der Waals surface area contributed by atoms with E-state index in [1.54, 1.807) is 6.08 Å². The zero-order valence-electron chi connectivity index (χ0n) is 20.6. The molecule has 0 radical (unpaired) electrons. The summed E-state index contributed by atoms with van der Waals surface area (Å²) in [6, 6.07) is 0. The maximum Gasteiger partial charge on any atom is 0.341 e. The maximum absolute atomic E-state index is 13.0. The van der Waals surface area contributed by atoms with Crippen LogP contribution in [-0.4, -0.2) is 52.0 Å². The van der Waals surface area contributed by atoms with E-state index in [1.807, 2.05) is 26.8 Å². The second kappa shape index (κ2) is 10.6. The van der Waals surface area contributed by atoms with Crippen molar-refractivity contribution in [3.63, 3.8) is 0 Å². The van der Waals surface area contributed by atoms with Crippen molar-refractivity contribution in [3.8, 4) is 0 Å². The summed E-state index contributed by atoms with van der Waals surface area (Å²) in [7, 11) is 0. The van der Waals surface area contributed by atoms with Gasteiger partial charge in [-0.05, 0) is 55.1 Å². The van der Waals surface area contributed by atoms with E-state index in [0.29, 0.717) is 17.9 Å². The summed E-state index contributed by atoms with van der Waals surface area (Å²) in [5.41, 5.74) is -1.12.